The minimum Gasteiger partial charge on any atom is -0.324 e. The van der Waals surface area contributed by atoms with E-state index in [0.717, 1.165) is 36.1 Å². The van der Waals surface area contributed by atoms with Crippen LogP contribution in [0.15, 0.2) is 12.4 Å². The van der Waals surface area contributed by atoms with Gasteiger partial charge in [-0.25, -0.2) is 0 Å². The first-order chi connectivity index (χ1) is 9.19. The summed E-state index contributed by atoms with van der Waals surface area (Å²) in [6, 6.07) is 0.104. The van der Waals surface area contributed by atoms with Crippen LogP contribution in [-0.4, -0.2) is 9.78 Å². The van der Waals surface area contributed by atoms with Gasteiger partial charge in [-0.2, -0.15) is 5.10 Å². The summed E-state index contributed by atoms with van der Waals surface area (Å²) in [6.45, 7) is 3.16. The lowest BCUT2D eigenvalue weighted by molar-refractivity contribution is -0.0442. The van der Waals surface area contributed by atoms with E-state index in [9.17, 15) is 0 Å². The summed E-state index contributed by atoms with van der Waals surface area (Å²) in [5.41, 5.74) is 7.09. The van der Waals surface area contributed by atoms with Crippen LogP contribution in [0.2, 0.25) is 0 Å². The fourth-order valence-corrected chi connectivity index (χ4v) is 5.27. The molecule has 4 saturated carbocycles. The lowest BCUT2D eigenvalue weighted by Gasteiger charge is -2.54. The summed E-state index contributed by atoms with van der Waals surface area (Å²) in [4.78, 5) is 0. The molecule has 1 aromatic heterocycles. The number of nitrogens with zero attached hydrogens (tertiary/aromatic N) is 2. The van der Waals surface area contributed by atoms with Crippen LogP contribution in [0.1, 0.15) is 50.6 Å². The first kappa shape index (κ1) is 12.0. The van der Waals surface area contributed by atoms with Crippen molar-refractivity contribution in [2.75, 3.05) is 0 Å². The maximum absolute atomic E-state index is 5.92. The van der Waals surface area contributed by atoms with Crippen LogP contribution in [0, 0.1) is 29.6 Å². The number of nitrogens with two attached hydrogens (primary N) is 1. The molecule has 4 bridgehead atoms. The smallest absolute Gasteiger partial charge is 0.0537 e. The van der Waals surface area contributed by atoms with Crippen LogP contribution in [-0.2, 0) is 6.54 Å². The Morgan fingerprint density at radius 1 is 1.21 bits per heavy atom. The van der Waals surface area contributed by atoms with Gasteiger partial charge in [0.25, 0.3) is 0 Å². The van der Waals surface area contributed by atoms with Gasteiger partial charge in [0.15, 0.2) is 0 Å². The summed E-state index contributed by atoms with van der Waals surface area (Å²) in [6.07, 6.45) is 11.6. The second-order valence-corrected chi connectivity index (χ2v) is 7.38. The molecular formula is C16H25N3. The summed E-state index contributed by atoms with van der Waals surface area (Å²) < 4.78 is 2.16. The van der Waals surface area contributed by atoms with E-state index in [0.29, 0.717) is 0 Å². The molecule has 0 aromatic carbocycles. The Balaban J connectivity index is 1.50. The van der Waals surface area contributed by atoms with Crippen molar-refractivity contribution in [2.45, 2.75) is 51.6 Å². The van der Waals surface area contributed by atoms with E-state index in [1.807, 2.05) is 13.1 Å². The SMILES string of the molecule is CC(N)c1cnn(CC2C3CC4CC(C3)CC2C4)c1. The molecule has 0 spiro atoms. The Morgan fingerprint density at radius 2 is 1.84 bits per heavy atom. The molecule has 0 amide bonds. The molecule has 1 unspecified atom stereocenters. The van der Waals surface area contributed by atoms with Gasteiger partial charge in [0.2, 0.25) is 0 Å². The molecule has 1 atom stereocenters. The summed E-state index contributed by atoms with van der Waals surface area (Å²) in [5, 5.41) is 4.53. The number of hydrogen-bond acceptors (Lipinski definition) is 2. The van der Waals surface area contributed by atoms with Crippen LogP contribution in [0.25, 0.3) is 0 Å². The third kappa shape index (κ3) is 2.03. The van der Waals surface area contributed by atoms with Gasteiger partial charge < -0.3 is 5.73 Å². The zero-order valence-electron chi connectivity index (χ0n) is 11.8. The van der Waals surface area contributed by atoms with Crippen LogP contribution in [0.5, 0.6) is 0 Å². The van der Waals surface area contributed by atoms with Crippen molar-refractivity contribution in [1.29, 1.82) is 0 Å². The summed E-state index contributed by atoms with van der Waals surface area (Å²) in [7, 11) is 0. The highest BCUT2D eigenvalue weighted by Gasteiger charge is 2.48. The zero-order chi connectivity index (χ0) is 13.0. The molecule has 4 fully saturated rings. The standard InChI is InChI=1S/C16H25N3/c1-10(17)15-7-18-19(8-15)9-16-13-3-11-2-12(5-13)6-14(16)4-11/h7-8,10-14,16H,2-6,9,17H2,1H3. The van der Waals surface area contributed by atoms with Gasteiger partial charge in [0.05, 0.1) is 6.20 Å². The maximum Gasteiger partial charge on any atom is 0.0537 e. The fraction of sp³-hybridized carbons (Fsp3) is 0.812. The first-order valence-electron chi connectivity index (χ1n) is 7.97. The van der Waals surface area contributed by atoms with E-state index in [1.165, 1.54) is 37.7 Å². The normalized spacial score (nSPS) is 41.7. The highest BCUT2D eigenvalue weighted by Crippen LogP contribution is 2.56. The second kappa shape index (κ2) is 4.34. The molecule has 4 aliphatic rings. The first-order valence-corrected chi connectivity index (χ1v) is 7.97. The second-order valence-electron chi connectivity index (χ2n) is 7.38. The monoisotopic (exact) mass is 259 g/mol. The molecule has 1 heterocycles. The Bertz CT molecular complexity index is 434. The molecule has 0 saturated heterocycles. The third-order valence-electron chi connectivity index (χ3n) is 6.00. The molecule has 4 aliphatic carbocycles. The average Bonchev–Trinajstić information content (AvgIpc) is 2.81. The summed E-state index contributed by atoms with van der Waals surface area (Å²) >= 11 is 0. The number of aromatic nitrogens is 2. The van der Waals surface area contributed by atoms with E-state index in [1.54, 1.807) is 0 Å². The summed E-state index contributed by atoms with van der Waals surface area (Å²) in [5.74, 6) is 4.99. The van der Waals surface area contributed by atoms with Crippen molar-refractivity contribution >= 4 is 0 Å². The molecular weight excluding hydrogens is 234 g/mol. The molecule has 3 heteroatoms. The Labute approximate surface area is 115 Å². The van der Waals surface area contributed by atoms with E-state index in [2.05, 4.69) is 16.0 Å². The molecule has 2 N–H and O–H groups in total. The van der Waals surface area contributed by atoms with E-state index in [4.69, 9.17) is 5.73 Å². The molecule has 1 aromatic rings. The van der Waals surface area contributed by atoms with Gasteiger partial charge in [-0.3, -0.25) is 4.68 Å². The van der Waals surface area contributed by atoms with Crippen LogP contribution >= 0.6 is 0 Å². The van der Waals surface area contributed by atoms with Crippen molar-refractivity contribution in [2.24, 2.45) is 35.3 Å². The van der Waals surface area contributed by atoms with E-state index >= 15 is 0 Å². The number of hydrogen-bond donors (Lipinski definition) is 1. The van der Waals surface area contributed by atoms with E-state index in [-0.39, 0.29) is 6.04 Å². The lowest BCUT2D eigenvalue weighted by atomic mass is 9.52. The van der Waals surface area contributed by atoms with Crippen molar-refractivity contribution in [3.63, 3.8) is 0 Å². The van der Waals surface area contributed by atoms with Crippen LogP contribution in [0.4, 0.5) is 0 Å². The Morgan fingerprint density at radius 3 is 2.37 bits per heavy atom. The largest absolute Gasteiger partial charge is 0.324 e. The van der Waals surface area contributed by atoms with Crippen LogP contribution < -0.4 is 5.73 Å². The molecule has 19 heavy (non-hydrogen) atoms. The maximum atomic E-state index is 5.92. The molecule has 0 aliphatic heterocycles. The number of rotatable bonds is 3. The van der Waals surface area contributed by atoms with Crippen molar-refractivity contribution in [1.82, 2.24) is 9.78 Å². The Hall–Kier alpha value is -0.830. The van der Waals surface area contributed by atoms with E-state index < -0.39 is 0 Å². The fourth-order valence-electron chi connectivity index (χ4n) is 5.27. The quantitative estimate of drug-likeness (QED) is 0.907. The van der Waals surface area contributed by atoms with Crippen LogP contribution in [0.3, 0.4) is 0 Å². The van der Waals surface area contributed by atoms with Gasteiger partial charge in [0.1, 0.15) is 0 Å². The minimum atomic E-state index is 0.104. The molecule has 0 radical (unpaired) electrons. The highest BCUT2D eigenvalue weighted by molar-refractivity contribution is 5.08. The molecule has 104 valence electrons. The van der Waals surface area contributed by atoms with Gasteiger partial charge in [-0.1, -0.05) is 0 Å². The van der Waals surface area contributed by atoms with Gasteiger partial charge in [-0.15, -0.1) is 0 Å². The van der Waals surface area contributed by atoms with Gasteiger partial charge in [0, 0.05) is 24.3 Å². The zero-order valence-corrected chi connectivity index (χ0v) is 11.8. The van der Waals surface area contributed by atoms with Crippen molar-refractivity contribution in [3.8, 4) is 0 Å². The van der Waals surface area contributed by atoms with Crippen molar-refractivity contribution in [3.05, 3.63) is 18.0 Å². The lowest BCUT2D eigenvalue weighted by Crippen LogP contribution is -2.46. The predicted octanol–water partition coefficient (Wildman–Crippen LogP) is 2.98. The molecule has 5 rings (SSSR count). The highest BCUT2D eigenvalue weighted by atomic mass is 15.3. The third-order valence-corrected chi connectivity index (χ3v) is 6.00. The average molecular weight is 259 g/mol. The van der Waals surface area contributed by atoms with Crippen molar-refractivity contribution < 1.29 is 0 Å². The predicted molar refractivity (Wildman–Crippen MR) is 75.4 cm³/mol. The molecule has 3 nitrogen and oxygen atoms in total. The minimum absolute atomic E-state index is 0.104. The van der Waals surface area contributed by atoms with Gasteiger partial charge in [-0.05, 0) is 68.6 Å². The van der Waals surface area contributed by atoms with Gasteiger partial charge >= 0.3 is 0 Å². The Kier molecular flexibility index (Phi) is 2.73. The topological polar surface area (TPSA) is 43.8 Å².